The molecule has 0 unspecified atom stereocenters. The molecule has 1 aromatic carbocycles. The van der Waals surface area contributed by atoms with Gasteiger partial charge in [0.15, 0.2) is 11.6 Å². The second-order valence-corrected chi connectivity index (χ2v) is 5.33. The van der Waals surface area contributed by atoms with Crippen molar-refractivity contribution in [1.29, 1.82) is 0 Å². The maximum Gasteiger partial charge on any atom is 0.166 e. The van der Waals surface area contributed by atoms with Crippen molar-refractivity contribution >= 4 is 0 Å². The van der Waals surface area contributed by atoms with E-state index < -0.39 is 17.5 Å². The lowest BCUT2D eigenvalue weighted by atomic mass is 9.98. The Kier molecular flexibility index (Phi) is 3.50. The van der Waals surface area contributed by atoms with Crippen LogP contribution in [-0.2, 0) is 0 Å². The number of halogens is 3. The van der Waals surface area contributed by atoms with Gasteiger partial charge in [-0.2, -0.15) is 0 Å². The van der Waals surface area contributed by atoms with Crippen molar-refractivity contribution in [2.45, 2.75) is 18.9 Å². The van der Waals surface area contributed by atoms with E-state index in [1.165, 1.54) is 0 Å². The van der Waals surface area contributed by atoms with E-state index in [0.717, 1.165) is 51.2 Å². The van der Waals surface area contributed by atoms with Crippen LogP contribution < -0.4 is 5.32 Å². The number of benzene rings is 1. The van der Waals surface area contributed by atoms with Gasteiger partial charge in [0.25, 0.3) is 0 Å². The van der Waals surface area contributed by atoms with E-state index in [9.17, 15) is 13.2 Å². The van der Waals surface area contributed by atoms with Crippen LogP contribution in [0.4, 0.5) is 13.2 Å². The van der Waals surface area contributed by atoms with Gasteiger partial charge in [-0.15, -0.1) is 0 Å². The van der Waals surface area contributed by atoms with Crippen LogP contribution in [0, 0.1) is 23.4 Å². The first-order valence-electron chi connectivity index (χ1n) is 6.76. The van der Waals surface area contributed by atoms with Gasteiger partial charge in [0.2, 0.25) is 0 Å². The fourth-order valence-electron chi connectivity index (χ4n) is 2.90. The molecule has 0 bridgehead atoms. The van der Waals surface area contributed by atoms with E-state index in [0.29, 0.717) is 0 Å². The fraction of sp³-hybridized carbons (Fsp3) is 0.571. The molecule has 0 radical (unpaired) electrons. The highest BCUT2D eigenvalue weighted by atomic mass is 19.2. The van der Waals surface area contributed by atoms with Gasteiger partial charge in [0, 0.05) is 37.8 Å². The second-order valence-electron chi connectivity index (χ2n) is 5.33. The lowest BCUT2D eigenvalue weighted by molar-refractivity contribution is 0.148. The molecule has 104 valence electrons. The molecule has 1 atom stereocenters. The summed E-state index contributed by atoms with van der Waals surface area (Å²) in [5.41, 5.74) is -0.0793. The second kappa shape index (κ2) is 5.13. The summed E-state index contributed by atoms with van der Waals surface area (Å²) in [4.78, 5) is 2.08. The largest absolute Gasteiger partial charge is 0.314 e. The third-order valence-electron chi connectivity index (χ3n) is 3.99. The van der Waals surface area contributed by atoms with Crippen molar-refractivity contribution in [2.24, 2.45) is 5.92 Å². The number of hydrogen-bond acceptors (Lipinski definition) is 2. The summed E-state index contributed by atoms with van der Waals surface area (Å²) < 4.78 is 41.4. The minimum absolute atomic E-state index is 0.0793. The molecule has 0 amide bonds. The Bertz CT molecular complexity index is 468. The van der Waals surface area contributed by atoms with Crippen molar-refractivity contribution in [3.05, 3.63) is 35.1 Å². The standard InChI is InChI=1S/C14H17F3N2/c15-10-3-4-11(16)13(17)12(10)14(9-1-2-9)19-7-5-18-6-8-19/h3-4,9,14,18H,1-2,5-8H2/t14-/m1/s1. The van der Waals surface area contributed by atoms with Gasteiger partial charge in [0.1, 0.15) is 5.82 Å². The maximum atomic E-state index is 14.0. The molecule has 1 aliphatic carbocycles. The molecule has 2 aliphatic rings. The topological polar surface area (TPSA) is 15.3 Å². The molecule has 1 heterocycles. The predicted molar refractivity (Wildman–Crippen MR) is 66.2 cm³/mol. The Labute approximate surface area is 110 Å². The van der Waals surface area contributed by atoms with Crippen molar-refractivity contribution in [3.8, 4) is 0 Å². The third-order valence-corrected chi connectivity index (χ3v) is 3.99. The molecule has 1 aliphatic heterocycles. The highest BCUT2D eigenvalue weighted by molar-refractivity contribution is 5.26. The van der Waals surface area contributed by atoms with Gasteiger partial charge in [-0.1, -0.05) is 0 Å². The Morgan fingerprint density at radius 3 is 2.32 bits per heavy atom. The van der Waals surface area contributed by atoms with Crippen LogP contribution in [0.25, 0.3) is 0 Å². The summed E-state index contributed by atoms with van der Waals surface area (Å²) in [5.74, 6) is -2.36. The van der Waals surface area contributed by atoms with Crippen molar-refractivity contribution in [2.75, 3.05) is 26.2 Å². The molecule has 0 aromatic heterocycles. The van der Waals surface area contributed by atoms with Crippen LogP contribution in [0.3, 0.4) is 0 Å². The zero-order chi connectivity index (χ0) is 13.4. The van der Waals surface area contributed by atoms with Gasteiger partial charge in [-0.3, -0.25) is 4.90 Å². The number of nitrogens with one attached hydrogen (secondary N) is 1. The van der Waals surface area contributed by atoms with Crippen molar-refractivity contribution < 1.29 is 13.2 Å². The Morgan fingerprint density at radius 1 is 1.05 bits per heavy atom. The lowest BCUT2D eigenvalue weighted by Gasteiger charge is -2.35. The summed E-state index contributed by atoms with van der Waals surface area (Å²) in [5, 5.41) is 3.22. The molecule has 0 spiro atoms. The first-order valence-corrected chi connectivity index (χ1v) is 6.76. The SMILES string of the molecule is Fc1ccc(F)c([C@@H](C2CC2)N2CCNCC2)c1F. The van der Waals surface area contributed by atoms with Crippen molar-refractivity contribution in [1.82, 2.24) is 10.2 Å². The number of nitrogens with zero attached hydrogens (tertiary/aromatic N) is 1. The van der Waals surface area contributed by atoms with Crippen LogP contribution in [0.1, 0.15) is 24.4 Å². The molecule has 1 aromatic rings. The van der Waals surface area contributed by atoms with E-state index in [4.69, 9.17) is 0 Å². The fourth-order valence-corrected chi connectivity index (χ4v) is 2.90. The Balaban J connectivity index is 1.97. The van der Waals surface area contributed by atoms with E-state index in [1.54, 1.807) is 0 Å². The average Bonchev–Trinajstić information content (AvgIpc) is 3.24. The van der Waals surface area contributed by atoms with Gasteiger partial charge in [0.05, 0.1) is 0 Å². The number of rotatable bonds is 3. The molecule has 1 saturated carbocycles. The minimum atomic E-state index is -1.02. The van der Waals surface area contributed by atoms with E-state index in [-0.39, 0.29) is 17.5 Å². The Morgan fingerprint density at radius 2 is 1.68 bits per heavy atom. The van der Waals surface area contributed by atoms with E-state index in [1.807, 2.05) is 0 Å². The molecule has 1 N–H and O–H groups in total. The lowest BCUT2D eigenvalue weighted by Crippen LogP contribution is -2.46. The summed E-state index contributed by atoms with van der Waals surface area (Å²) >= 11 is 0. The molecule has 2 fully saturated rings. The van der Waals surface area contributed by atoms with Gasteiger partial charge >= 0.3 is 0 Å². The quantitative estimate of drug-likeness (QED) is 0.849. The monoisotopic (exact) mass is 270 g/mol. The summed E-state index contributed by atoms with van der Waals surface area (Å²) in [7, 11) is 0. The zero-order valence-electron chi connectivity index (χ0n) is 10.6. The molecule has 2 nitrogen and oxygen atoms in total. The van der Waals surface area contributed by atoms with Gasteiger partial charge in [-0.25, -0.2) is 13.2 Å². The molecule has 5 heteroatoms. The summed E-state index contributed by atoms with van der Waals surface area (Å²) in [6.07, 6.45) is 1.92. The first-order chi connectivity index (χ1) is 9.18. The molecule has 1 saturated heterocycles. The summed E-state index contributed by atoms with van der Waals surface area (Å²) in [6.45, 7) is 3.11. The van der Waals surface area contributed by atoms with Crippen LogP contribution in [0.5, 0.6) is 0 Å². The molecular weight excluding hydrogens is 253 g/mol. The third kappa shape index (κ3) is 2.49. The summed E-state index contributed by atoms with van der Waals surface area (Å²) in [6, 6.07) is 1.57. The predicted octanol–water partition coefficient (Wildman–Crippen LogP) is 2.46. The van der Waals surface area contributed by atoms with Gasteiger partial charge in [-0.05, 0) is 30.9 Å². The molecular formula is C14H17F3N2. The minimum Gasteiger partial charge on any atom is -0.314 e. The van der Waals surface area contributed by atoms with Crippen LogP contribution in [0.2, 0.25) is 0 Å². The average molecular weight is 270 g/mol. The highest BCUT2D eigenvalue weighted by Crippen LogP contribution is 2.46. The van der Waals surface area contributed by atoms with Crippen LogP contribution >= 0.6 is 0 Å². The molecule has 3 rings (SSSR count). The van der Waals surface area contributed by atoms with E-state index in [2.05, 4.69) is 10.2 Å². The van der Waals surface area contributed by atoms with Gasteiger partial charge < -0.3 is 5.32 Å². The highest BCUT2D eigenvalue weighted by Gasteiger charge is 2.40. The van der Waals surface area contributed by atoms with Crippen LogP contribution in [-0.4, -0.2) is 31.1 Å². The smallest absolute Gasteiger partial charge is 0.166 e. The Hall–Kier alpha value is -1.07. The van der Waals surface area contributed by atoms with Crippen LogP contribution in [0.15, 0.2) is 12.1 Å². The normalized spacial score (nSPS) is 22.5. The molecule has 19 heavy (non-hydrogen) atoms. The van der Waals surface area contributed by atoms with E-state index >= 15 is 0 Å². The van der Waals surface area contributed by atoms with Crippen molar-refractivity contribution in [3.63, 3.8) is 0 Å². The maximum absolute atomic E-state index is 14.0. The number of piperazine rings is 1. The zero-order valence-corrected chi connectivity index (χ0v) is 10.6. The number of hydrogen-bond donors (Lipinski definition) is 1. The first kappa shape index (κ1) is 12.9.